The molecule has 2 atom stereocenters. The van der Waals surface area contributed by atoms with Crippen molar-refractivity contribution in [3.63, 3.8) is 0 Å². The van der Waals surface area contributed by atoms with Gasteiger partial charge < -0.3 is 18.8 Å². The summed E-state index contributed by atoms with van der Waals surface area (Å²) in [5, 5.41) is 0. The first kappa shape index (κ1) is 19.2. The fraction of sp³-hybridized carbons (Fsp3) is 0.409. The highest BCUT2D eigenvalue weighted by Crippen LogP contribution is 2.27. The van der Waals surface area contributed by atoms with Gasteiger partial charge in [0.1, 0.15) is 11.9 Å². The summed E-state index contributed by atoms with van der Waals surface area (Å²) < 4.78 is 13.9. The van der Waals surface area contributed by atoms with Gasteiger partial charge in [0.05, 0.1) is 18.2 Å². The first-order chi connectivity index (χ1) is 14.0. The Morgan fingerprint density at radius 1 is 1.14 bits per heavy atom. The van der Waals surface area contributed by atoms with E-state index in [0.717, 1.165) is 12.8 Å². The number of amides is 1. The molecule has 1 amide bonds. The van der Waals surface area contributed by atoms with Gasteiger partial charge >= 0.3 is 0 Å². The Bertz CT molecular complexity index is 1000. The van der Waals surface area contributed by atoms with Gasteiger partial charge in [0, 0.05) is 30.8 Å². The first-order valence-corrected chi connectivity index (χ1v) is 10.0. The molecule has 3 aromatic rings. The molecule has 1 saturated heterocycles. The molecule has 152 valence electrons. The number of rotatable bonds is 5. The van der Waals surface area contributed by atoms with Crippen LogP contribution in [-0.4, -0.2) is 50.0 Å². The molecule has 0 unspecified atom stereocenters. The molecular formula is C22H26N4O3. The third-order valence-corrected chi connectivity index (χ3v) is 5.14. The van der Waals surface area contributed by atoms with E-state index in [1.165, 1.54) is 0 Å². The maximum Gasteiger partial charge on any atom is 0.258 e. The second kappa shape index (κ2) is 8.11. The zero-order valence-electron chi connectivity index (χ0n) is 17.0. The van der Waals surface area contributed by atoms with Crippen molar-refractivity contribution in [1.82, 2.24) is 19.3 Å². The van der Waals surface area contributed by atoms with Crippen LogP contribution in [0.3, 0.4) is 0 Å². The van der Waals surface area contributed by atoms with Crippen molar-refractivity contribution in [2.75, 3.05) is 6.54 Å². The molecule has 0 spiro atoms. The number of piperidine rings is 1. The average Bonchev–Trinajstić information content (AvgIpc) is 3.19. The second-order valence-corrected chi connectivity index (χ2v) is 7.68. The van der Waals surface area contributed by atoms with Crippen molar-refractivity contribution in [3.05, 3.63) is 54.6 Å². The van der Waals surface area contributed by atoms with Crippen LogP contribution in [0, 0.1) is 0 Å². The van der Waals surface area contributed by atoms with E-state index in [-0.39, 0.29) is 24.2 Å². The molecule has 0 bridgehead atoms. The molecule has 1 aliphatic heterocycles. The Hall–Kier alpha value is -3.09. The van der Waals surface area contributed by atoms with E-state index >= 15 is 0 Å². The van der Waals surface area contributed by atoms with Crippen molar-refractivity contribution in [2.45, 2.75) is 51.9 Å². The molecule has 4 rings (SSSR count). The summed E-state index contributed by atoms with van der Waals surface area (Å²) in [7, 11) is 0. The van der Waals surface area contributed by atoms with Gasteiger partial charge in [-0.05, 0) is 45.7 Å². The van der Waals surface area contributed by atoms with Crippen LogP contribution in [0.2, 0.25) is 0 Å². The molecular weight excluding hydrogens is 368 g/mol. The van der Waals surface area contributed by atoms with Gasteiger partial charge in [-0.1, -0.05) is 12.1 Å². The standard InChI is InChI=1S/C22H26N4O3/c1-15(2)28-19-7-5-4-6-18(19)22(27)26-14-17(9-8-16(26)3)29-21-20-23-10-12-25(20)13-11-24-21/h4-7,10-13,15-17H,8-9,14H2,1-3H3/t16-,17-/m1/s1. The van der Waals surface area contributed by atoms with Crippen LogP contribution in [0.4, 0.5) is 0 Å². The van der Waals surface area contributed by atoms with Gasteiger partial charge in [-0.2, -0.15) is 0 Å². The zero-order chi connectivity index (χ0) is 20.4. The molecule has 1 aliphatic rings. The monoisotopic (exact) mass is 394 g/mol. The van der Waals surface area contributed by atoms with Crippen LogP contribution in [-0.2, 0) is 0 Å². The van der Waals surface area contributed by atoms with Crippen molar-refractivity contribution in [1.29, 1.82) is 0 Å². The molecule has 2 aromatic heterocycles. The summed E-state index contributed by atoms with van der Waals surface area (Å²) in [6.45, 7) is 6.49. The number of imidazole rings is 1. The lowest BCUT2D eigenvalue weighted by molar-refractivity contribution is 0.0371. The number of hydrogen-bond acceptors (Lipinski definition) is 5. The minimum atomic E-state index is -0.135. The molecule has 0 N–H and O–H groups in total. The summed E-state index contributed by atoms with van der Waals surface area (Å²) in [5.74, 6) is 1.08. The van der Waals surface area contributed by atoms with Crippen molar-refractivity contribution < 1.29 is 14.3 Å². The number of likely N-dealkylation sites (tertiary alicyclic amines) is 1. The van der Waals surface area contributed by atoms with Crippen LogP contribution in [0.1, 0.15) is 44.0 Å². The Labute approximate surface area is 170 Å². The molecule has 0 saturated carbocycles. The summed E-state index contributed by atoms with van der Waals surface area (Å²) in [5.41, 5.74) is 1.27. The number of carbonyl (C=O) groups is 1. The number of benzene rings is 1. The quantitative estimate of drug-likeness (QED) is 0.661. The molecule has 1 fully saturated rings. The Balaban J connectivity index is 1.54. The van der Waals surface area contributed by atoms with Crippen molar-refractivity contribution >= 4 is 11.6 Å². The summed E-state index contributed by atoms with van der Waals surface area (Å²) in [4.78, 5) is 23.9. The highest BCUT2D eigenvalue weighted by molar-refractivity contribution is 5.97. The molecule has 0 aliphatic carbocycles. The van der Waals surface area contributed by atoms with Gasteiger partial charge in [-0.3, -0.25) is 4.79 Å². The minimum Gasteiger partial charge on any atom is -0.490 e. The van der Waals surface area contributed by atoms with Crippen molar-refractivity contribution in [3.8, 4) is 11.6 Å². The molecule has 7 nitrogen and oxygen atoms in total. The predicted molar refractivity (Wildman–Crippen MR) is 109 cm³/mol. The normalized spacial score (nSPS) is 19.5. The number of fused-ring (bicyclic) bond motifs is 1. The van der Waals surface area contributed by atoms with Gasteiger partial charge in [0.15, 0.2) is 5.65 Å². The molecule has 0 radical (unpaired) electrons. The maximum atomic E-state index is 13.3. The Morgan fingerprint density at radius 2 is 1.90 bits per heavy atom. The largest absolute Gasteiger partial charge is 0.490 e. The minimum absolute atomic E-state index is 0.0000735. The number of aromatic nitrogens is 3. The van der Waals surface area contributed by atoms with E-state index in [4.69, 9.17) is 9.47 Å². The number of ether oxygens (including phenoxy) is 2. The third kappa shape index (κ3) is 4.04. The fourth-order valence-corrected chi connectivity index (χ4v) is 3.68. The van der Waals surface area contributed by atoms with Gasteiger partial charge in [0.25, 0.3) is 11.8 Å². The summed E-state index contributed by atoms with van der Waals surface area (Å²) >= 11 is 0. The molecule has 7 heteroatoms. The average molecular weight is 394 g/mol. The SMILES string of the molecule is CC(C)Oc1ccccc1C(=O)N1C[C@H](Oc2nccn3ccnc23)CC[C@H]1C. The molecule has 1 aromatic carbocycles. The van der Waals surface area contributed by atoms with Crippen LogP contribution in [0.15, 0.2) is 49.1 Å². The van der Waals surface area contributed by atoms with E-state index in [1.54, 1.807) is 12.4 Å². The lowest BCUT2D eigenvalue weighted by Gasteiger charge is -2.38. The third-order valence-electron chi connectivity index (χ3n) is 5.14. The van der Waals surface area contributed by atoms with Crippen LogP contribution >= 0.6 is 0 Å². The van der Waals surface area contributed by atoms with Gasteiger partial charge in [0.2, 0.25) is 0 Å². The Kier molecular flexibility index (Phi) is 5.38. The molecule has 3 heterocycles. The van der Waals surface area contributed by atoms with E-state index in [1.807, 2.05) is 59.8 Å². The number of hydrogen-bond donors (Lipinski definition) is 0. The molecule has 29 heavy (non-hydrogen) atoms. The lowest BCUT2D eigenvalue weighted by Crippen LogP contribution is -2.49. The number of para-hydroxylation sites is 1. The van der Waals surface area contributed by atoms with E-state index in [0.29, 0.717) is 29.4 Å². The summed E-state index contributed by atoms with van der Waals surface area (Å²) in [6, 6.07) is 7.55. The highest BCUT2D eigenvalue weighted by Gasteiger charge is 2.32. The Morgan fingerprint density at radius 3 is 2.69 bits per heavy atom. The smallest absolute Gasteiger partial charge is 0.258 e. The van der Waals surface area contributed by atoms with Gasteiger partial charge in [-0.15, -0.1) is 0 Å². The number of carbonyl (C=O) groups excluding carboxylic acids is 1. The lowest BCUT2D eigenvalue weighted by atomic mass is 9.99. The first-order valence-electron chi connectivity index (χ1n) is 10.0. The van der Waals surface area contributed by atoms with E-state index in [2.05, 4.69) is 16.9 Å². The zero-order valence-corrected chi connectivity index (χ0v) is 17.0. The number of nitrogens with zero attached hydrogens (tertiary/aromatic N) is 4. The van der Waals surface area contributed by atoms with Crippen LogP contribution in [0.25, 0.3) is 5.65 Å². The van der Waals surface area contributed by atoms with Crippen molar-refractivity contribution in [2.24, 2.45) is 0 Å². The summed E-state index contributed by atoms with van der Waals surface area (Å²) in [6.07, 6.45) is 8.68. The maximum absolute atomic E-state index is 13.3. The predicted octanol–water partition coefficient (Wildman–Crippen LogP) is 3.59. The van der Waals surface area contributed by atoms with Crippen LogP contribution in [0.5, 0.6) is 11.6 Å². The highest BCUT2D eigenvalue weighted by atomic mass is 16.5. The van der Waals surface area contributed by atoms with E-state index < -0.39 is 0 Å². The van der Waals surface area contributed by atoms with Crippen LogP contribution < -0.4 is 9.47 Å². The van der Waals surface area contributed by atoms with E-state index in [9.17, 15) is 4.79 Å². The topological polar surface area (TPSA) is 69.0 Å². The fourth-order valence-electron chi connectivity index (χ4n) is 3.68. The second-order valence-electron chi connectivity index (χ2n) is 7.68. The van der Waals surface area contributed by atoms with Gasteiger partial charge in [-0.25, -0.2) is 9.97 Å².